The van der Waals surface area contributed by atoms with Gasteiger partial charge in [-0.15, -0.1) is 11.6 Å². The van der Waals surface area contributed by atoms with Gasteiger partial charge in [0.05, 0.1) is 0 Å². The Kier molecular flexibility index (Phi) is 4.37. The van der Waals surface area contributed by atoms with Crippen LogP contribution < -0.4 is 0 Å². The minimum Gasteiger partial charge on any atom is -0.123 e. The molecule has 0 radical (unpaired) electrons. The van der Waals surface area contributed by atoms with E-state index in [0.717, 1.165) is 23.4 Å². The highest BCUT2D eigenvalue weighted by molar-refractivity contribution is 6.35. The second-order valence-electron chi connectivity index (χ2n) is 3.06. The van der Waals surface area contributed by atoms with Gasteiger partial charge in [-0.05, 0) is 37.5 Å². The third-order valence-electron chi connectivity index (χ3n) is 1.83. The number of benzene rings is 1. The van der Waals surface area contributed by atoms with Gasteiger partial charge in [0.1, 0.15) is 0 Å². The van der Waals surface area contributed by atoms with E-state index in [0.29, 0.717) is 5.02 Å². The van der Waals surface area contributed by atoms with Crippen molar-refractivity contribution in [3.63, 3.8) is 0 Å². The van der Waals surface area contributed by atoms with Gasteiger partial charge in [0.25, 0.3) is 0 Å². The van der Waals surface area contributed by atoms with E-state index in [9.17, 15) is 0 Å². The van der Waals surface area contributed by atoms with Crippen LogP contribution in [0.3, 0.4) is 0 Å². The van der Waals surface area contributed by atoms with Gasteiger partial charge in [-0.2, -0.15) is 0 Å². The van der Waals surface area contributed by atoms with Crippen molar-refractivity contribution in [1.29, 1.82) is 0 Å². The van der Waals surface area contributed by atoms with E-state index in [1.54, 1.807) is 6.07 Å². The molecule has 0 bridgehead atoms. The minimum absolute atomic E-state index is 0.187. The molecule has 0 nitrogen and oxygen atoms in total. The lowest BCUT2D eigenvalue weighted by Gasteiger charge is -2.05. The summed E-state index contributed by atoms with van der Waals surface area (Å²) in [5.74, 6) is 0. The molecule has 13 heavy (non-hydrogen) atoms. The molecule has 0 aliphatic heterocycles. The molecule has 0 aliphatic carbocycles. The number of hydrogen-bond donors (Lipinski definition) is 0. The maximum absolute atomic E-state index is 5.99. The van der Waals surface area contributed by atoms with Gasteiger partial charge >= 0.3 is 0 Å². The maximum Gasteiger partial charge on any atom is 0.0452 e. The first-order valence-corrected chi connectivity index (χ1v) is 5.37. The predicted octanol–water partition coefficient (Wildman–Crippen LogP) is 4.55. The van der Waals surface area contributed by atoms with E-state index in [1.165, 1.54) is 0 Å². The van der Waals surface area contributed by atoms with Crippen molar-refractivity contribution in [2.45, 2.75) is 25.1 Å². The zero-order valence-corrected chi connectivity index (χ0v) is 9.63. The second kappa shape index (κ2) is 5.09. The number of rotatable bonds is 3. The molecule has 0 aliphatic rings. The fourth-order valence-corrected chi connectivity index (χ4v) is 1.69. The molecule has 0 fully saturated rings. The molecule has 0 aromatic heterocycles. The van der Waals surface area contributed by atoms with Gasteiger partial charge in [-0.3, -0.25) is 0 Å². The van der Waals surface area contributed by atoms with Gasteiger partial charge in [-0.1, -0.05) is 29.3 Å². The van der Waals surface area contributed by atoms with Crippen molar-refractivity contribution in [1.82, 2.24) is 0 Å². The van der Waals surface area contributed by atoms with E-state index in [-0.39, 0.29) is 5.38 Å². The standard InChI is InChI=1S/C10H11Cl3/c1-7(11)2-3-8-4-5-9(12)6-10(8)13/h4-7H,2-3H2,1H3. The summed E-state index contributed by atoms with van der Waals surface area (Å²) in [5, 5.41) is 1.59. The lowest BCUT2D eigenvalue weighted by molar-refractivity contribution is 0.803. The van der Waals surface area contributed by atoms with Gasteiger partial charge in [0, 0.05) is 15.4 Å². The van der Waals surface area contributed by atoms with Crippen LogP contribution in [0.15, 0.2) is 18.2 Å². The van der Waals surface area contributed by atoms with Crippen molar-refractivity contribution >= 4 is 34.8 Å². The topological polar surface area (TPSA) is 0 Å². The van der Waals surface area contributed by atoms with Crippen molar-refractivity contribution in [2.24, 2.45) is 0 Å². The van der Waals surface area contributed by atoms with Gasteiger partial charge in [0.15, 0.2) is 0 Å². The fourth-order valence-electron chi connectivity index (χ4n) is 1.08. The van der Waals surface area contributed by atoms with Gasteiger partial charge < -0.3 is 0 Å². The van der Waals surface area contributed by atoms with E-state index in [4.69, 9.17) is 34.8 Å². The molecule has 3 heteroatoms. The summed E-state index contributed by atoms with van der Waals surface area (Å²) in [5.41, 5.74) is 1.11. The average molecular weight is 238 g/mol. The van der Waals surface area contributed by atoms with Gasteiger partial charge in [-0.25, -0.2) is 0 Å². The highest BCUT2D eigenvalue weighted by Crippen LogP contribution is 2.22. The van der Waals surface area contributed by atoms with Crippen LogP contribution in [-0.2, 0) is 6.42 Å². The van der Waals surface area contributed by atoms with Crippen LogP contribution in [0.1, 0.15) is 18.9 Å². The first kappa shape index (κ1) is 11.2. The summed E-state index contributed by atoms with van der Waals surface area (Å²) in [6.45, 7) is 1.98. The second-order valence-corrected chi connectivity index (χ2v) is 4.64. The Hall–Kier alpha value is 0.0900. The zero-order valence-electron chi connectivity index (χ0n) is 7.36. The van der Waals surface area contributed by atoms with Crippen LogP contribution in [0.5, 0.6) is 0 Å². The van der Waals surface area contributed by atoms with Crippen LogP contribution in [0.4, 0.5) is 0 Å². The quantitative estimate of drug-likeness (QED) is 0.677. The summed E-state index contributed by atoms with van der Waals surface area (Å²) >= 11 is 17.6. The van der Waals surface area contributed by atoms with Crippen molar-refractivity contribution in [2.75, 3.05) is 0 Å². The Labute approximate surface area is 93.8 Å². The maximum atomic E-state index is 5.99. The predicted molar refractivity (Wildman–Crippen MR) is 60.1 cm³/mol. The third-order valence-corrected chi connectivity index (χ3v) is 2.63. The number of aryl methyl sites for hydroxylation is 1. The Morgan fingerprint density at radius 3 is 2.54 bits per heavy atom. The molecule has 1 aromatic rings. The van der Waals surface area contributed by atoms with Crippen molar-refractivity contribution in [3.05, 3.63) is 33.8 Å². The lowest BCUT2D eigenvalue weighted by Crippen LogP contribution is -1.95. The summed E-state index contributed by atoms with van der Waals surface area (Å²) < 4.78 is 0. The Morgan fingerprint density at radius 2 is 2.00 bits per heavy atom. The van der Waals surface area contributed by atoms with E-state index >= 15 is 0 Å². The highest BCUT2D eigenvalue weighted by Gasteiger charge is 2.03. The molecule has 1 aromatic carbocycles. The molecule has 0 saturated carbocycles. The SMILES string of the molecule is CC(Cl)CCc1ccc(Cl)cc1Cl. The van der Waals surface area contributed by atoms with Crippen LogP contribution >= 0.6 is 34.8 Å². The smallest absolute Gasteiger partial charge is 0.0452 e. The van der Waals surface area contributed by atoms with Crippen LogP contribution in [0.2, 0.25) is 10.0 Å². The van der Waals surface area contributed by atoms with E-state index in [1.807, 2.05) is 19.1 Å². The molecule has 0 heterocycles. The molecular formula is C10H11Cl3. The molecule has 1 atom stereocenters. The van der Waals surface area contributed by atoms with Crippen LogP contribution in [0, 0.1) is 0 Å². The normalized spacial score (nSPS) is 12.9. The van der Waals surface area contributed by atoms with Crippen molar-refractivity contribution in [3.8, 4) is 0 Å². The number of halogens is 3. The zero-order chi connectivity index (χ0) is 9.84. The molecule has 72 valence electrons. The number of alkyl halides is 1. The summed E-state index contributed by atoms with van der Waals surface area (Å²) in [6, 6.07) is 5.56. The Balaban J connectivity index is 2.67. The molecular weight excluding hydrogens is 226 g/mol. The first-order chi connectivity index (χ1) is 6.09. The largest absolute Gasteiger partial charge is 0.123 e. The summed E-state index contributed by atoms with van der Waals surface area (Å²) in [6.07, 6.45) is 1.84. The molecule has 0 saturated heterocycles. The molecule has 0 spiro atoms. The van der Waals surface area contributed by atoms with Crippen LogP contribution in [-0.4, -0.2) is 5.38 Å². The summed E-state index contributed by atoms with van der Waals surface area (Å²) in [7, 11) is 0. The average Bonchev–Trinajstić information content (AvgIpc) is 2.02. The third kappa shape index (κ3) is 3.76. The summed E-state index contributed by atoms with van der Waals surface area (Å²) in [4.78, 5) is 0. The van der Waals surface area contributed by atoms with E-state index < -0.39 is 0 Å². The first-order valence-electron chi connectivity index (χ1n) is 4.17. The monoisotopic (exact) mass is 236 g/mol. The minimum atomic E-state index is 0.187. The highest BCUT2D eigenvalue weighted by atomic mass is 35.5. The number of hydrogen-bond acceptors (Lipinski definition) is 0. The Bertz CT molecular complexity index is 281. The van der Waals surface area contributed by atoms with Crippen molar-refractivity contribution < 1.29 is 0 Å². The fraction of sp³-hybridized carbons (Fsp3) is 0.400. The molecule has 0 amide bonds. The van der Waals surface area contributed by atoms with Crippen LogP contribution in [0.25, 0.3) is 0 Å². The molecule has 1 unspecified atom stereocenters. The lowest BCUT2D eigenvalue weighted by atomic mass is 10.1. The molecule has 1 rings (SSSR count). The molecule has 0 N–H and O–H groups in total. The Morgan fingerprint density at radius 1 is 1.31 bits per heavy atom. The van der Waals surface area contributed by atoms with Gasteiger partial charge in [0.2, 0.25) is 0 Å². The van der Waals surface area contributed by atoms with E-state index in [2.05, 4.69) is 0 Å².